The molecule has 1 unspecified atom stereocenters. The van der Waals surface area contributed by atoms with Gasteiger partial charge in [-0.3, -0.25) is 9.59 Å². The molecular weight excluding hydrogens is 396 g/mol. The smallest absolute Gasteiger partial charge is 0.267 e. The lowest BCUT2D eigenvalue weighted by atomic mass is 10.0. The zero-order valence-corrected chi connectivity index (χ0v) is 17.8. The number of carbonyl (C=O) groups excluding carboxylic acids is 1. The molecule has 0 radical (unpaired) electrons. The Labute approximate surface area is 180 Å². The molecule has 2 aromatic heterocycles. The van der Waals surface area contributed by atoms with E-state index in [4.69, 9.17) is 9.15 Å². The van der Waals surface area contributed by atoms with Gasteiger partial charge in [-0.1, -0.05) is 18.2 Å². The van der Waals surface area contributed by atoms with Gasteiger partial charge < -0.3 is 14.1 Å². The van der Waals surface area contributed by atoms with Gasteiger partial charge in [0, 0.05) is 24.6 Å². The second-order valence-corrected chi connectivity index (χ2v) is 7.72. The number of ether oxygens (including phenoxy) is 1. The fourth-order valence-corrected chi connectivity index (χ4v) is 3.97. The summed E-state index contributed by atoms with van der Waals surface area (Å²) >= 11 is 0. The molecule has 1 aliphatic rings. The highest BCUT2D eigenvalue weighted by Gasteiger charge is 2.31. The van der Waals surface area contributed by atoms with Crippen molar-refractivity contribution in [1.82, 2.24) is 19.7 Å². The van der Waals surface area contributed by atoms with E-state index in [2.05, 4.69) is 10.1 Å². The Morgan fingerprint density at radius 1 is 1.23 bits per heavy atom. The Balaban J connectivity index is 1.52. The molecule has 0 spiro atoms. The number of benzene rings is 1. The van der Waals surface area contributed by atoms with E-state index in [0.29, 0.717) is 30.3 Å². The van der Waals surface area contributed by atoms with Crippen molar-refractivity contribution in [2.24, 2.45) is 0 Å². The number of aromatic nitrogens is 3. The van der Waals surface area contributed by atoms with Crippen LogP contribution in [0.25, 0.3) is 0 Å². The van der Waals surface area contributed by atoms with Crippen molar-refractivity contribution in [2.75, 3.05) is 13.7 Å². The molecular formula is C23H26N4O4. The summed E-state index contributed by atoms with van der Waals surface area (Å²) in [5, 5.41) is 4.18. The molecule has 0 bridgehead atoms. The molecule has 0 saturated carbocycles. The summed E-state index contributed by atoms with van der Waals surface area (Å²) in [6, 6.07) is 10.6. The zero-order valence-electron chi connectivity index (χ0n) is 17.8. The molecule has 1 saturated heterocycles. The fraction of sp³-hybridized carbons (Fsp3) is 0.391. The number of methoxy groups -OCH3 is 1. The Morgan fingerprint density at radius 3 is 2.90 bits per heavy atom. The summed E-state index contributed by atoms with van der Waals surface area (Å²) in [7, 11) is 1.64. The van der Waals surface area contributed by atoms with E-state index in [1.54, 1.807) is 31.2 Å². The standard InChI is InChI=1S/C23H26N4O4/c1-16-10-11-21(28)27(25-16)15-22(29)26-12-6-5-8-19(26)23-24-14-18(31-23)13-17-7-3-4-9-20(17)30-2/h3-4,7,9-11,14,19H,5-6,8,12-13,15H2,1-2H3. The molecule has 4 rings (SSSR count). The van der Waals surface area contributed by atoms with Gasteiger partial charge in [-0.15, -0.1) is 0 Å². The van der Waals surface area contributed by atoms with Crippen molar-refractivity contribution in [1.29, 1.82) is 0 Å². The van der Waals surface area contributed by atoms with E-state index in [-0.39, 0.29) is 24.1 Å². The first-order chi connectivity index (χ1) is 15.0. The summed E-state index contributed by atoms with van der Waals surface area (Å²) in [6.45, 7) is 2.31. The van der Waals surface area contributed by atoms with Gasteiger partial charge in [-0.2, -0.15) is 5.10 Å². The molecule has 31 heavy (non-hydrogen) atoms. The highest BCUT2D eigenvalue weighted by atomic mass is 16.5. The molecule has 1 fully saturated rings. The van der Waals surface area contributed by atoms with Crippen LogP contribution in [-0.2, 0) is 17.8 Å². The summed E-state index contributed by atoms with van der Waals surface area (Å²) < 4.78 is 12.7. The van der Waals surface area contributed by atoms with Crippen molar-refractivity contribution >= 4 is 5.91 Å². The van der Waals surface area contributed by atoms with E-state index in [1.807, 2.05) is 24.3 Å². The minimum Gasteiger partial charge on any atom is -0.496 e. The van der Waals surface area contributed by atoms with Crippen LogP contribution in [-0.4, -0.2) is 39.2 Å². The molecule has 1 aliphatic heterocycles. The van der Waals surface area contributed by atoms with Crippen molar-refractivity contribution in [3.05, 3.63) is 75.9 Å². The number of oxazole rings is 1. The summed E-state index contributed by atoms with van der Waals surface area (Å²) in [6.07, 6.45) is 4.94. The first-order valence-corrected chi connectivity index (χ1v) is 10.5. The van der Waals surface area contributed by atoms with Gasteiger partial charge in [0.1, 0.15) is 24.1 Å². The maximum atomic E-state index is 13.0. The summed E-state index contributed by atoms with van der Waals surface area (Å²) in [5.41, 5.74) is 1.41. The van der Waals surface area contributed by atoms with E-state index in [1.165, 1.54) is 10.7 Å². The van der Waals surface area contributed by atoms with E-state index in [0.717, 1.165) is 30.6 Å². The maximum absolute atomic E-state index is 13.0. The average molecular weight is 422 g/mol. The lowest BCUT2D eigenvalue weighted by Gasteiger charge is -2.33. The molecule has 1 aromatic carbocycles. The molecule has 3 aromatic rings. The maximum Gasteiger partial charge on any atom is 0.267 e. The van der Waals surface area contributed by atoms with Crippen LogP contribution in [0.15, 0.2) is 51.8 Å². The van der Waals surface area contributed by atoms with Gasteiger partial charge in [-0.05, 0) is 38.3 Å². The van der Waals surface area contributed by atoms with Gasteiger partial charge in [-0.25, -0.2) is 9.67 Å². The number of piperidine rings is 1. The molecule has 1 amide bonds. The van der Waals surface area contributed by atoms with Crippen LogP contribution >= 0.6 is 0 Å². The SMILES string of the molecule is COc1ccccc1Cc1cnc(C2CCCCN2C(=O)Cn2nc(C)ccc2=O)o1. The molecule has 8 nitrogen and oxygen atoms in total. The molecule has 1 atom stereocenters. The Kier molecular flexibility index (Phi) is 6.16. The van der Waals surface area contributed by atoms with E-state index < -0.39 is 0 Å². The quantitative estimate of drug-likeness (QED) is 0.607. The minimum absolute atomic E-state index is 0.0915. The van der Waals surface area contributed by atoms with E-state index in [9.17, 15) is 9.59 Å². The first kappa shape index (κ1) is 20.8. The van der Waals surface area contributed by atoms with Crippen LogP contribution in [0.5, 0.6) is 5.75 Å². The van der Waals surface area contributed by atoms with Gasteiger partial charge in [0.05, 0.1) is 19.0 Å². The molecule has 0 aliphatic carbocycles. The fourth-order valence-electron chi connectivity index (χ4n) is 3.97. The van der Waals surface area contributed by atoms with Crippen molar-refractivity contribution in [2.45, 2.75) is 45.2 Å². The lowest BCUT2D eigenvalue weighted by Crippen LogP contribution is -2.42. The zero-order chi connectivity index (χ0) is 21.8. The third-order valence-electron chi connectivity index (χ3n) is 5.52. The number of amides is 1. The summed E-state index contributed by atoms with van der Waals surface area (Å²) in [5.74, 6) is 1.89. The van der Waals surface area contributed by atoms with Crippen LogP contribution in [0.3, 0.4) is 0 Å². The number of para-hydroxylation sites is 1. The number of aryl methyl sites for hydroxylation is 1. The molecule has 8 heteroatoms. The normalized spacial score (nSPS) is 16.3. The van der Waals surface area contributed by atoms with Crippen LogP contribution in [0.4, 0.5) is 0 Å². The predicted octanol–water partition coefficient (Wildman–Crippen LogP) is 2.89. The highest BCUT2D eigenvalue weighted by molar-refractivity contribution is 5.76. The minimum atomic E-state index is -0.289. The number of carbonyl (C=O) groups is 1. The Bertz CT molecular complexity index is 1120. The molecule has 162 valence electrons. The van der Waals surface area contributed by atoms with Gasteiger partial charge >= 0.3 is 0 Å². The lowest BCUT2D eigenvalue weighted by molar-refractivity contribution is -0.136. The number of rotatable bonds is 6. The van der Waals surface area contributed by atoms with Crippen LogP contribution in [0.1, 0.15) is 48.2 Å². The monoisotopic (exact) mass is 422 g/mol. The summed E-state index contributed by atoms with van der Waals surface area (Å²) in [4.78, 5) is 31.3. The topological polar surface area (TPSA) is 90.5 Å². The van der Waals surface area contributed by atoms with Gasteiger partial charge in [0.15, 0.2) is 0 Å². The predicted molar refractivity (Wildman–Crippen MR) is 114 cm³/mol. The van der Waals surface area contributed by atoms with Gasteiger partial charge in [0.25, 0.3) is 5.56 Å². The van der Waals surface area contributed by atoms with E-state index >= 15 is 0 Å². The average Bonchev–Trinajstić information content (AvgIpc) is 3.25. The number of nitrogens with zero attached hydrogens (tertiary/aromatic N) is 4. The van der Waals surface area contributed by atoms with Crippen LogP contribution in [0, 0.1) is 6.92 Å². The highest BCUT2D eigenvalue weighted by Crippen LogP contribution is 2.31. The number of hydrogen-bond acceptors (Lipinski definition) is 6. The second-order valence-electron chi connectivity index (χ2n) is 7.72. The largest absolute Gasteiger partial charge is 0.496 e. The molecule has 3 heterocycles. The van der Waals surface area contributed by atoms with Crippen molar-refractivity contribution in [3.8, 4) is 5.75 Å². The first-order valence-electron chi connectivity index (χ1n) is 10.5. The number of hydrogen-bond donors (Lipinski definition) is 0. The van der Waals surface area contributed by atoms with Gasteiger partial charge in [0.2, 0.25) is 11.8 Å². The Morgan fingerprint density at radius 2 is 2.06 bits per heavy atom. The van der Waals surface area contributed by atoms with Crippen LogP contribution in [0.2, 0.25) is 0 Å². The third kappa shape index (κ3) is 4.68. The van der Waals surface area contributed by atoms with Crippen LogP contribution < -0.4 is 10.3 Å². The van der Waals surface area contributed by atoms with Crippen molar-refractivity contribution in [3.63, 3.8) is 0 Å². The third-order valence-corrected chi connectivity index (χ3v) is 5.52. The Hall–Kier alpha value is -3.42. The number of likely N-dealkylation sites (tertiary alicyclic amines) is 1. The van der Waals surface area contributed by atoms with Crippen molar-refractivity contribution < 1.29 is 13.9 Å². The molecule has 0 N–H and O–H groups in total. The second kappa shape index (κ2) is 9.16.